The second-order valence-corrected chi connectivity index (χ2v) is 3.41. The summed E-state index contributed by atoms with van der Waals surface area (Å²) in [5.41, 5.74) is 2.55. The van der Waals surface area contributed by atoms with Crippen LogP contribution in [0.5, 0.6) is 0 Å². The summed E-state index contributed by atoms with van der Waals surface area (Å²) < 4.78 is 0. The molecule has 0 saturated heterocycles. The third kappa shape index (κ3) is 1.13. The lowest BCUT2D eigenvalue weighted by atomic mass is 10.1. The van der Waals surface area contributed by atoms with E-state index in [0.29, 0.717) is 5.92 Å². The number of nitrogens with one attached hydrogen (secondary N) is 1. The molecule has 64 valence electrons. The third-order valence-electron chi connectivity index (χ3n) is 2.32. The van der Waals surface area contributed by atoms with E-state index in [0.717, 1.165) is 6.67 Å². The zero-order chi connectivity index (χ0) is 8.55. The summed E-state index contributed by atoms with van der Waals surface area (Å²) >= 11 is 0. The van der Waals surface area contributed by atoms with Crippen molar-refractivity contribution in [3.8, 4) is 0 Å². The first-order valence-electron chi connectivity index (χ1n) is 4.33. The Morgan fingerprint density at radius 2 is 2.17 bits per heavy atom. The molecule has 0 aromatic rings. The molecule has 12 heavy (non-hydrogen) atoms. The molecule has 2 nitrogen and oxygen atoms in total. The first-order valence-corrected chi connectivity index (χ1v) is 4.33. The topological polar surface area (TPSA) is 15.3 Å². The van der Waals surface area contributed by atoms with Crippen LogP contribution in [0, 0.1) is 5.92 Å². The van der Waals surface area contributed by atoms with E-state index in [1.807, 2.05) is 0 Å². The molecule has 1 atom stereocenters. The van der Waals surface area contributed by atoms with Gasteiger partial charge in [0.15, 0.2) is 0 Å². The SMILES string of the molecule is CC1C=CC2=C(C=C1)N(C)CN2. The van der Waals surface area contributed by atoms with Gasteiger partial charge in [-0.3, -0.25) is 0 Å². The van der Waals surface area contributed by atoms with Crippen LogP contribution in [0.1, 0.15) is 6.92 Å². The molecule has 1 N–H and O–H groups in total. The van der Waals surface area contributed by atoms with Gasteiger partial charge in [0.05, 0.1) is 18.1 Å². The summed E-state index contributed by atoms with van der Waals surface area (Å²) in [5.74, 6) is 0.547. The van der Waals surface area contributed by atoms with Crippen molar-refractivity contribution in [1.29, 1.82) is 0 Å². The van der Waals surface area contributed by atoms with Crippen molar-refractivity contribution in [2.45, 2.75) is 6.92 Å². The molecule has 1 heterocycles. The Balaban J connectivity index is 2.33. The minimum Gasteiger partial charge on any atom is -0.366 e. The fourth-order valence-electron chi connectivity index (χ4n) is 1.50. The molecule has 0 bridgehead atoms. The van der Waals surface area contributed by atoms with Crippen LogP contribution in [0.15, 0.2) is 35.7 Å². The molecule has 2 rings (SSSR count). The first-order chi connectivity index (χ1) is 5.77. The van der Waals surface area contributed by atoms with Crippen molar-refractivity contribution in [3.05, 3.63) is 35.7 Å². The maximum Gasteiger partial charge on any atom is 0.0874 e. The number of hydrogen-bond acceptors (Lipinski definition) is 2. The van der Waals surface area contributed by atoms with Gasteiger partial charge in [0, 0.05) is 7.05 Å². The highest BCUT2D eigenvalue weighted by molar-refractivity contribution is 5.37. The van der Waals surface area contributed by atoms with Crippen molar-refractivity contribution in [3.63, 3.8) is 0 Å². The van der Waals surface area contributed by atoms with E-state index in [-0.39, 0.29) is 0 Å². The van der Waals surface area contributed by atoms with Crippen molar-refractivity contribution >= 4 is 0 Å². The summed E-state index contributed by atoms with van der Waals surface area (Å²) in [7, 11) is 2.10. The van der Waals surface area contributed by atoms with Crippen LogP contribution in [0.3, 0.4) is 0 Å². The van der Waals surface area contributed by atoms with Crippen molar-refractivity contribution in [2.24, 2.45) is 5.92 Å². The smallest absolute Gasteiger partial charge is 0.0874 e. The fraction of sp³-hybridized carbons (Fsp3) is 0.400. The molecule has 1 aliphatic heterocycles. The summed E-state index contributed by atoms with van der Waals surface area (Å²) in [4.78, 5) is 2.22. The van der Waals surface area contributed by atoms with Gasteiger partial charge in [-0.25, -0.2) is 0 Å². The van der Waals surface area contributed by atoms with E-state index in [4.69, 9.17) is 0 Å². The van der Waals surface area contributed by atoms with Gasteiger partial charge >= 0.3 is 0 Å². The van der Waals surface area contributed by atoms with Gasteiger partial charge < -0.3 is 10.2 Å². The van der Waals surface area contributed by atoms with Crippen LogP contribution in [-0.4, -0.2) is 18.6 Å². The summed E-state index contributed by atoms with van der Waals surface area (Å²) in [5, 5.41) is 3.34. The van der Waals surface area contributed by atoms with Crippen LogP contribution in [0.4, 0.5) is 0 Å². The Morgan fingerprint density at radius 3 is 3.00 bits per heavy atom. The molecular weight excluding hydrogens is 148 g/mol. The van der Waals surface area contributed by atoms with E-state index >= 15 is 0 Å². The number of rotatable bonds is 0. The second-order valence-electron chi connectivity index (χ2n) is 3.41. The third-order valence-corrected chi connectivity index (χ3v) is 2.32. The van der Waals surface area contributed by atoms with E-state index < -0.39 is 0 Å². The Hall–Kier alpha value is -1.18. The molecule has 1 aliphatic carbocycles. The first kappa shape index (κ1) is 7.47. The lowest BCUT2D eigenvalue weighted by molar-refractivity contribution is 0.452. The number of likely N-dealkylation sites (N-methyl/N-ethyl adjacent to an activating group) is 1. The Labute approximate surface area is 73.3 Å². The van der Waals surface area contributed by atoms with Gasteiger partial charge in [-0.1, -0.05) is 19.1 Å². The van der Waals surface area contributed by atoms with Crippen LogP contribution >= 0.6 is 0 Å². The van der Waals surface area contributed by atoms with Gasteiger partial charge in [-0.05, 0) is 18.1 Å². The highest BCUT2D eigenvalue weighted by Crippen LogP contribution is 2.20. The molecule has 0 aromatic heterocycles. The Morgan fingerprint density at radius 1 is 1.42 bits per heavy atom. The summed E-state index contributed by atoms with van der Waals surface area (Å²) in [6.45, 7) is 3.11. The zero-order valence-corrected chi connectivity index (χ0v) is 7.54. The van der Waals surface area contributed by atoms with E-state index in [2.05, 4.69) is 48.5 Å². The molecule has 2 heteroatoms. The molecule has 1 unspecified atom stereocenters. The van der Waals surface area contributed by atoms with Crippen molar-refractivity contribution in [1.82, 2.24) is 10.2 Å². The van der Waals surface area contributed by atoms with Crippen LogP contribution < -0.4 is 5.32 Å². The number of nitrogens with zero attached hydrogens (tertiary/aromatic N) is 1. The van der Waals surface area contributed by atoms with E-state index in [9.17, 15) is 0 Å². The molecular formula is C10H14N2. The van der Waals surface area contributed by atoms with Crippen LogP contribution in [0.2, 0.25) is 0 Å². The van der Waals surface area contributed by atoms with E-state index in [1.165, 1.54) is 11.4 Å². The van der Waals surface area contributed by atoms with Gasteiger partial charge in [0.2, 0.25) is 0 Å². The maximum atomic E-state index is 3.34. The minimum absolute atomic E-state index is 0.547. The molecule has 0 spiro atoms. The molecule has 0 aromatic carbocycles. The monoisotopic (exact) mass is 162 g/mol. The van der Waals surface area contributed by atoms with Gasteiger partial charge in [0.25, 0.3) is 0 Å². The highest BCUT2D eigenvalue weighted by Gasteiger charge is 2.15. The zero-order valence-electron chi connectivity index (χ0n) is 7.54. The van der Waals surface area contributed by atoms with Crippen molar-refractivity contribution in [2.75, 3.05) is 13.7 Å². The van der Waals surface area contributed by atoms with Gasteiger partial charge in [-0.2, -0.15) is 0 Å². The standard InChI is InChI=1S/C10H14N2/c1-8-3-5-9-10(6-4-8)12(2)7-11-9/h3-6,8,11H,7H2,1-2H3. The quantitative estimate of drug-likeness (QED) is 0.580. The predicted molar refractivity (Wildman–Crippen MR) is 50.2 cm³/mol. The minimum atomic E-state index is 0.547. The second kappa shape index (κ2) is 2.70. The molecule has 2 aliphatic rings. The Kier molecular flexibility index (Phi) is 1.68. The fourth-order valence-corrected chi connectivity index (χ4v) is 1.50. The van der Waals surface area contributed by atoms with Crippen LogP contribution in [0.25, 0.3) is 0 Å². The highest BCUT2D eigenvalue weighted by atomic mass is 15.3. The average molecular weight is 162 g/mol. The maximum absolute atomic E-state index is 3.34. The lowest BCUT2D eigenvalue weighted by Crippen LogP contribution is -2.18. The average Bonchev–Trinajstić information content (AvgIpc) is 2.28. The molecule has 0 radical (unpaired) electrons. The predicted octanol–water partition coefficient (Wildman–Crippen LogP) is 1.45. The van der Waals surface area contributed by atoms with Gasteiger partial charge in [-0.15, -0.1) is 0 Å². The summed E-state index contributed by atoms with van der Waals surface area (Å²) in [6, 6.07) is 0. The number of hydrogen-bond donors (Lipinski definition) is 1. The van der Waals surface area contributed by atoms with Crippen LogP contribution in [-0.2, 0) is 0 Å². The molecule has 0 amide bonds. The normalized spacial score (nSPS) is 27.2. The Bertz CT molecular complexity index is 274. The largest absolute Gasteiger partial charge is 0.366 e. The van der Waals surface area contributed by atoms with E-state index in [1.54, 1.807) is 0 Å². The number of allylic oxidation sites excluding steroid dienone is 4. The van der Waals surface area contributed by atoms with Crippen molar-refractivity contribution < 1.29 is 0 Å². The lowest BCUT2D eigenvalue weighted by Gasteiger charge is -2.10. The van der Waals surface area contributed by atoms with Gasteiger partial charge in [0.1, 0.15) is 0 Å². The molecule has 0 fully saturated rings. The molecule has 0 saturated carbocycles. The summed E-state index contributed by atoms with van der Waals surface area (Å²) in [6.07, 6.45) is 8.80.